The Morgan fingerprint density at radius 2 is 1.64 bits per heavy atom. The highest BCUT2D eigenvalue weighted by Gasteiger charge is 2.35. The van der Waals surface area contributed by atoms with E-state index < -0.39 is 6.04 Å². The van der Waals surface area contributed by atoms with Gasteiger partial charge in [-0.2, -0.15) is 4.80 Å². The van der Waals surface area contributed by atoms with Gasteiger partial charge >= 0.3 is 0 Å². The number of methoxy groups -OCH3 is 4. The van der Waals surface area contributed by atoms with E-state index in [1.807, 2.05) is 18.2 Å². The number of furan rings is 1. The Hall–Kier alpha value is -5.07. The van der Waals surface area contributed by atoms with Gasteiger partial charge in [0.15, 0.2) is 29.0 Å². The second kappa shape index (κ2) is 14.6. The second-order valence-electron chi connectivity index (χ2n) is 10.6. The topological polar surface area (TPSA) is 143 Å². The molecule has 1 unspecified atom stereocenters. The molecule has 2 aromatic heterocycles. The van der Waals surface area contributed by atoms with Crippen LogP contribution in [0.4, 0.5) is 0 Å². The van der Waals surface area contributed by atoms with Gasteiger partial charge in [0, 0.05) is 18.2 Å². The smallest absolute Gasteiger partial charge is 0.250 e. The monoisotopic (exact) mass is 618 g/mol. The summed E-state index contributed by atoms with van der Waals surface area (Å²) in [4.78, 5) is 30.6. The summed E-state index contributed by atoms with van der Waals surface area (Å²) < 4.78 is 27.3. The maximum Gasteiger partial charge on any atom is 0.250 e. The van der Waals surface area contributed by atoms with E-state index in [0.717, 1.165) is 31.2 Å². The van der Waals surface area contributed by atoms with E-state index >= 15 is 0 Å². The van der Waals surface area contributed by atoms with E-state index in [9.17, 15) is 9.59 Å². The Kier molecular flexibility index (Phi) is 10.2. The van der Waals surface area contributed by atoms with Gasteiger partial charge in [0.25, 0.3) is 5.91 Å². The Morgan fingerprint density at radius 1 is 0.956 bits per heavy atom. The van der Waals surface area contributed by atoms with Crippen LogP contribution in [-0.2, 0) is 22.6 Å². The van der Waals surface area contributed by atoms with Crippen LogP contribution < -0.4 is 24.3 Å². The van der Waals surface area contributed by atoms with Gasteiger partial charge in [-0.15, -0.1) is 10.2 Å². The van der Waals surface area contributed by atoms with Crippen LogP contribution in [-0.4, -0.2) is 77.9 Å². The van der Waals surface area contributed by atoms with Crippen LogP contribution in [0.25, 0.3) is 11.4 Å². The third-order valence-corrected chi connectivity index (χ3v) is 7.86. The van der Waals surface area contributed by atoms with Gasteiger partial charge in [-0.1, -0.05) is 18.9 Å². The average Bonchev–Trinajstić information content (AvgIpc) is 3.87. The SMILES string of the molecule is COc1ccc(CCN(C(=O)Cn2nnc(-c3ccc(OC)c(OC)c3)n2)C(C(=O)NC2CCCC2)c2ccco2)cc1OC. The lowest BCUT2D eigenvalue weighted by Gasteiger charge is -2.30. The molecule has 1 fully saturated rings. The number of nitrogens with one attached hydrogen (secondary N) is 1. The van der Waals surface area contributed by atoms with Crippen molar-refractivity contribution in [3.8, 4) is 34.4 Å². The van der Waals surface area contributed by atoms with Crippen molar-refractivity contribution < 1.29 is 33.0 Å². The van der Waals surface area contributed by atoms with E-state index in [1.54, 1.807) is 58.8 Å². The molecule has 1 aliphatic carbocycles. The van der Waals surface area contributed by atoms with Crippen LogP contribution in [0.15, 0.2) is 59.2 Å². The van der Waals surface area contributed by atoms with Gasteiger partial charge in [-0.3, -0.25) is 9.59 Å². The molecule has 4 aromatic rings. The third-order valence-electron chi connectivity index (χ3n) is 7.86. The molecular formula is C32H38N6O7. The molecule has 1 saturated carbocycles. The van der Waals surface area contributed by atoms with Crippen molar-refractivity contribution in [2.45, 2.75) is 50.7 Å². The zero-order chi connectivity index (χ0) is 31.8. The Balaban J connectivity index is 1.42. The maximum atomic E-state index is 14.1. The molecule has 0 aliphatic heterocycles. The Bertz CT molecular complexity index is 1580. The fourth-order valence-electron chi connectivity index (χ4n) is 5.52. The van der Waals surface area contributed by atoms with Crippen LogP contribution in [0.5, 0.6) is 23.0 Å². The summed E-state index contributed by atoms with van der Waals surface area (Å²) in [6.07, 6.45) is 5.84. The van der Waals surface area contributed by atoms with E-state index in [2.05, 4.69) is 20.7 Å². The molecule has 1 N–H and O–H groups in total. The van der Waals surface area contributed by atoms with Crippen LogP contribution in [0.2, 0.25) is 0 Å². The Morgan fingerprint density at radius 3 is 2.31 bits per heavy atom. The molecular weight excluding hydrogens is 580 g/mol. The summed E-state index contributed by atoms with van der Waals surface area (Å²) in [5.41, 5.74) is 1.54. The standard InChI is InChI=1S/C32H38N6O7/c1-41-24-13-11-21(18-27(24)43-3)15-16-37(30(26-10-7-17-45-26)32(40)33-23-8-5-6-9-23)29(39)20-38-35-31(34-36-38)22-12-14-25(42-2)28(19-22)44-4/h7,10-14,17-19,23,30H,5-6,8-9,15-16,20H2,1-4H3,(H,33,40). The van der Waals surface area contributed by atoms with Crippen LogP contribution in [0.1, 0.15) is 43.0 Å². The van der Waals surface area contributed by atoms with Crippen molar-refractivity contribution in [1.82, 2.24) is 30.4 Å². The van der Waals surface area contributed by atoms with Gasteiger partial charge in [-0.25, -0.2) is 0 Å². The first-order valence-corrected chi connectivity index (χ1v) is 14.8. The predicted molar refractivity (Wildman–Crippen MR) is 163 cm³/mol. The number of amides is 2. The summed E-state index contributed by atoms with van der Waals surface area (Å²) in [6.45, 7) is -0.0465. The van der Waals surface area contributed by atoms with Crippen molar-refractivity contribution >= 4 is 11.8 Å². The van der Waals surface area contributed by atoms with Crippen LogP contribution >= 0.6 is 0 Å². The number of carbonyl (C=O) groups is 2. The highest BCUT2D eigenvalue weighted by molar-refractivity contribution is 5.88. The minimum Gasteiger partial charge on any atom is -0.493 e. The molecule has 45 heavy (non-hydrogen) atoms. The number of hydrogen-bond acceptors (Lipinski definition) is 10. The van der Waals surface area contributed by atoms with Gasteiger partial charge in [0.05, 0.1) is 34.7 Å². The summed E-state index contributed by atoms with van der Waals surface area (Å²) in [7, 11) is 6.24. The number of carbonyl (C=O) groups excluding carboxylic acids is 2. The lowest BCUT2D eigenvalue weighted by atomic mass is 10.1. The summed E-state index contributed by atoms with van der Waals surface area (Å²) >= 11 is 0. The molecule has 5 rings (SSSR count). The van der Waals surface area contributed by atoms with E-state index in [-0.39, 0.29) is 30.9 Å². The van der Waals surface area contributed by atoms with Gasteiger partial charge < -0.3 is 33.6 Å². The Labute approximate surface area is 261 Å². The molecule has 2 heterocycles. The highest BCUT2D eigenvalue weighted by Crippen LogP contribution is 2.31. The molecule has 1 atom stereocenters. The van der Waals surface area contributed by atoms with E-state index in [4.69, 9.17) is 23.4 Å². The molecule has 0 bridgehead atoms. The van der Waals surface area contributed by atoms with Gasteiger partial charge in [0.1, 0.15) is 12.3 Å². The zero-order valence-electron chi connectivity index (χ0n) is 25.9. The van der Waals surface area contributed by atoms with Gasteiger partial charge in [-0.05, 0) is 72.5 Å². The molecule has 13 heteroatoms. The van der Waals surface area contributed by atoms with Crippen molar-refractivity contribution in [1.29, 1.82) is 0 Å². The molecule has 1 aliphatic rings. The van der Waals surface area contributed by atoms with Gasteiger partial charge in [0.2, 0.25) is 11.7 Å². The third kappa shape index (κ3) is 7.36. The molecule has 0 saturated heterocycles. The first-order valence-electron chi connectivity index (χ1n) is 14.8. The number of aromatic nitrogens is 4. The minimum absolute atomic E-state index is 0.0544. The number of nitrogens with zero attached hydrogens (tertiary/aromatic N) is 5. The van der Waals surface area contributed by atoms with Crippen molar-refractivity contribution in [3.63, 3.8) is 0 Å². The molecule has 238 valence electrons. The number of tetrazole rings is 1. The van der Waals surface area contributed by atoms with E-state index in [1.165, 1.54) is 16.0 Å². The molecule has 13 nitrogen and oxygen atoms in total. The summed E-state index contributed by atoms with van der Waals surface area (Å²) in [5.74, 6) is 2.24. The number of rotatable bonds is 14. The number of benzene rings is 2. The second-order valence-corrected chi connectivity index (χ2v) is 10.6. The van der Waals surface area contributed by atoms with Crippen molar-refractivity contribution in [2.24, 2.45) is 0 Å². The first kappa shape index (κ1) is 31.4. The summed E-state index contributed by atoms with van der Waals surface area (Å²) in [5, 5.41) is 15.9. The molecule has 2 amide bonds. The number of hydrogen-bond donors (Lipinski definition) is 1. The van der Waals surface area contributed by atoms with Crippen LogP contribution in [0.3, 0.4) is 0 Å². The fraction of sp³-hybridized carbons (Fsp3) is 0.406. The predicted octanol–water partition coefficient (Wildman–Crippen LogP) is 3.84. The maximum absolute atomic E-state index is 14.1. The van der Waals surface area contributed by atoms with Crippen molar-refractivity contribution in [3.05, 3.63) is 66.1 Å². The lowest BCUT2D eigenvalue weighted by Crippen LogP contribution is -2.47. The minimum atomic E-state index is -0.998. The van der Waals surface area contributed by atoms with Crippen molar-refractivity contribution in [2.75, 3.05) is 35.0 Å². The number of ether oxygens (including phenoxy) is 4. The quantitative estimate of drug-likeness (QED) is 0.221. The normalized spacial score (nSPS) is 13.7. The molecule has 0 spiro atoms. The summed E-state index contributed by atoms with van der Waals surface area (Å²) in [6, 6.07) is 13.3. The largest absolute Gasteiger partial charge is 0.493 e. The molecule has 2 aromatic carbocycles. The highest BCUT2D eigenvalue weighted by atomic mass is 16.5. The average molecular weight is 619 g/mol. The van der Waals surface area contributed by atoms with E-state index in [0.29, 0.717) is 46.6 Å². The fourth-order valence-corrected chi connectivity index (χ4v) is 5.52. The van der Waals surface area contributed by atoms with Crippen LogP contribution in [0, 0.1) is 0 Å². The molecule has 0 radical (unpaired) electrons. The first-order chi connectivity index (χ1) is 21.9. The zero-order valence-corrected chi connectivity index (χ0v) is 25.9. The lowest BCUT2D eigenvalue weighted by molar-refractivity contribution is -0.142.